The van der Waals surface area contributed by atoms with E-state index in [0.717, 1.165) is 5.56 Å². The number of likely N-dealkylation sites (N-methyl/N-ethyl adjacent to an activating group) is 1. The Labute approximate surface area is 160 Å². The van der Waals surface area contributed by atoms with Crippen molar-refractivity contribution in [3.8, 4) is 0 Å². The number of hydrogen-bond acceptors (Lipinski definition) is 4. The summed E-state index contributed by atoms with van der Waals surface area (Å²) in [6, 6.07) is 8.64. The van der Waals surface area contributed by atoms with E-state index in [1.54, 1.807) is 11.9 Å². The zero-order chi connectivity index (χ0) is 19.5. The summed E-state index contributed by atoms with van der Waals surface area (Å²) in [5.74, 6) is 0.596. The van der Waals surface area contributed by atoms with Crippen molar-refractivity contribution >= 4 is 28.8 Å². The Hall–Kier alpha value is -2.02. The molecule has 1 rings (SSSR count). The molecule has 26 heavy (non-hydrogen) atoms. The second-order valence-corrected chi connectivity index (χ2v) is 7.76. The number of hydrogen-bond donors (Lipinski definition) is 2. The number of nitrogens with one attached hydrogen (secondary N) is 2. The molecule has 0 saturated heterocycles. The third kappa shape index (κ3) is 8.38. The number of carbonyl (C=O) groups is 3. The number of amides is 3. The number of benzene rings is 1. The topological polar surface area (TPSA) is 78.5 Å². The fourth-order valence-electron chi connectivity index (χ4n) is 2.49. The minimum absolute atomic E-state index is 0.0298. The molecule has 1 atom stereocenters. The van der Waals surface area contributed by atoms with Gasteiger partial charge in [0.1, 0.15) is 6.04 Å². The molecule has 2 N–H and O–H groups in total. The molecule has 0 aromatic heterocycles. The standard InChI is InChI=1S/C19H29N3O3S/c1-14(2)13-22(10-11-26-15(3)23)19(25)21-17(18(24)20-4)12-16-8-6-5-7-9-16/h5-9,14,17H,10-13H2,1-4H3,(H,20,24)(H,21,25). The van der Waals surface area contributed by atoms with Gasteiger partial charge < -0.3 is 15.5 Å². The van der Waals surface area contributed by atoms with Crippen LogP contribution in [0.15, 0.2) is 30.3 Å². The molecule has 0 bridgehead atoms. The Balaban J connectivity index is 2.78. The van der Waals surface area contributed by atoms with Gasteiger partial charge in [-0.1, -0.05) is 55.9 Å². The second-order valence-electron chi connectivity index (χ2n) is 6.49. The molecule has 0 aliphatic heterocycles. The fourth-order valence-corrected chi connectivity index (χ4v) is 3.09. The molecule has 0 radical (unpaired) electrons. The maximum atomic E-state index is 12.7. The highest BCUT2D eigenvalue weighted by Crippen LogP contribution is 2.08. The van der Waals surface area contributed by atoms with Crippen LogP contribution in [-0.4, -0.2) is 53.9 Å². The van der Waals surface area contributed by atoms with Crippen LogP contribution < -0.4 is 10.6 Å². The monoisotopic (exact) mass is 379 g/mol. The van der Waals surface area contributed by atoms with Crippen LogP contribution in [-0.2, 0) is 16.0 Å². The van der Waals surface area contributed by atoms with E-state index < -0.39 is 6.04 Å². The summed E-state index contributed by atoms with van der Waals surface area (Å²) in [5.41, 5.74) is 0.976. The van der Waals surface area contributed by atoms with Crippen LogP contribution in [0, 0.1) is 5.92 Å². The smallest absolute Gasteiger partial charge is 0.318 e. The van der Waals surface area contributed by atoms with Crippen LogP contribution in [0.3, 0.4) is 0 Å². The van der Waals surface area contributed by atoms with E-state index in [1.165, 1.54) is 18.7 Å². The van der Waals surface area contributed by atoms with E-state index in [9.17, 15) is 14.4 Å². The maximum Gasteiger partial charge on any atom is 0.318 e. The fraction of sp³-hybridized carbons (Fsp3) is 0.526. The maximum absolute atomic E-state index is 12.7. The van der Waals surface area contributed by atoms with Crippen LogP contribution in [0.2, 0.25) is 0 Å². The third-order valence-electron chi connectivity index (χ3n) is 3.68. The molecule has 144 valence electrons. The van der Waals surface area contributed by atoms with E-state index in [1.807, 2.05) is 44.2 Å². The highest BCUT2D eigenvalue weighted by Gasteiger charge is 2.23. The van der Waals surface area contributed by atoms with Crippen molar-refractivity contribution in [2.75, 3.05) is 25.9 Å². The van der Waals surface area contributed by atoms with Crippen molar-refractivity contribution in [1.29, 1.82) is 0 Å². The summed E-state index contributed by atoms with van der Waals surface area (Å²) in [6.07, 6.45) is 0.421. The van der Waals surface area contributed by atoms with Gasteiger partial charge in [0, 0.05) is 39.2 Å². The van der Waals surface area contributed by atoms with Crippen LogP contribution in [0.4, 0.5) is 4.79 Å². The molecular formula is C19H29N3O3S. The van der Waals surface area contributed by atoms with E-state index >= 15 is 0 Å². The molecule has 0 spiro atoms. The van der Waals surface area contributed by atoms with E-state index in [4.69, 9.17) is 0 Å². The van der Waals surface area contributed by atoms with Crippen molar-refractivity contribution in [2.45, 2.75) is 33.2 Å². The molecule has 7 heteroatoms. The minimum Gasteiger partial charge on any atom is -0.357 e. The van der Waals surface area contributed by atoms with Crippen molar-refractivity contribution in [2.24, 2.45) is 5.92 Å². The predicted octanol–water partition coefficient (Wildman–Crippen LogP) is 2.29. The van der Waals surface area contributed by atoms with Crippen LogP contribution in [0.5, 0.6) is 0 Å². The van der Waals surface area contributed by atoms with E-state index in [-0.39, 0.29) is 23.0 Å². The second kappa shape index (κ2) is 11.6. The van der Waals surface area contributed by atoms with Crippen molar-refractivity contribution in [1.82, 2.24) is 15.5 Å². The molecule has 6 nitrogen and oxygen atoms in total. The Morgan fingerprint density at radius 3 is 2.35 bits per heavy atom. The van der Waals surface area contributed by atoms with Gasteiger partial charge in [-0.3, -0.25) is 9.59 Å². The van der Waals surface area contributed by atoms with E-state index in [2.05, 4.69) is 10.6 Å². The first kappa shape index (κ1) is 22.0. The minimum atomic E-state index is -0.648. The Bertz CT molecular complexity index is 593. The average Bonchev–Trinajstić information content (AvgIpc) is 2.59. The molecule has 3 amide bonds. The SMILES string of the molecule is CNC(=O)C(Cc1ccccc1)NC(=O)N(CCSC(C)=O)CC(C)C. The summed E-state index contributed by atoms with van der Waals surface area (Å²) in [4.78, 5) is 37.7. The number of urea groups is 1. The van der Waals surface area contributed by atoms with Gasteiger partial charge in [0.2, 0.25) is 5.91 Å². The molecule has 0 fully saturated rings. The van der Waals surface area contributed by atoms with Gasteiger partial charge >= 0.3 is 6.03 Å². The number of nitrogens with zero attached hydrogens (tertiary/aromatic N) is 1. The average molecular weight is 380 g/mol. The van der Waals surface area contributed by atoms with Crippen LogP contribution >= 0.6 is 11.8 Å². The first-order valence-corrected chi connectivity index (χ1v) is 9.76. The summed E-state index contributed by atoms with van der Waals surface area (Å²) in [6.45, 7) is 6.59. The lowest BCUT2D eigenvalue weighted by molar-refractivity contribution is -0.122. The summed E-state index contributed by atoms with van der Waals surface area (Å²) in [5, 5.41) is 5.48. The zero-order valence-corrected chi connectivity index (χ0v) is 16.8. The molecule has 0 aliphatic rings. The van der Waals surface area contributed by atoms with Gasteiger partial charge in [-0.2, -0.15) is 0 Å². The lowest BCUT2D eigenvalue weighted by Gasteiger charge is -2.27. The van der Waals surface area contributed by atoms with E-state index in [0.29, 0.717) is 25.3 Å². The Morgan fingerprint density at radius 2 is 1.81 bits per heavy atom. The molecule has 1 unspecified atom stereocenters. The number of carbonyl (C=O) groups excluding carboxylic acids is 3. The van der Waals surface area contributed by atoms with Gasteiger partial charge in [-0.15, -0.1) is 0 Å². The normalized spacial score (nSPS) is 11.7. The summed E-state index contributed by atoms with van der Waals surface area (Å²) < 4.78 is 0. The molecule has 1 aromatic rings. The summed E-state index contributed by atoms with van der Waals surface area (Å²) in [7, 11) is 1.56. The van der Waals surface area contributed by atoms with Gasteiger partial charge in [0.15, 0.2) is 5.12 Å². The number of rotatable bonds is 9. The lowest BCUT2D eigenvalue weighted by Crippen LogP contribution is -2.52. The largest absolute Gasteiger partial charge is 0.357 e. The first-order chi connectivity index (χ1) is 12.3. The quantitative estimate of drug-likeness (QED) is 0.690. The van der Waals surface area contributed by atoms with Gasteiger partial charge in [-0.25, -0.2) is 4.79 Å². The first-order valence-electron chi connectivity index (χ1n) is 8.77. The molecule has 0 heterocycles. The highest BCUT2D eigenvalue weighted by molar-refractivity contribution is 8.13. The van der Waals surface area contributed by atoms with Gasteiger partial charge in [0.05, 0.1) is 0 Å². The van der Waals surface area contributed by atoms with Crippen molar-refractivity contribution in [3.63, 3.8) is 0 Å². The summed E-state index contributed by atoms with van der Waals surface area (Å²) >= 11 is 1.20. The Morgan fingerprint density at radius 1 is 1.15 bits per heavy atom. The van der Waals surface area contributed by atoms with Gasteiger partial charge in [0.25, 0.3) is 0 Å². The van der Waals surface area contributed by atoms with Gasteiger partial charge in [-0.05, 0) is 11.5 Å². The zero-order valence-electron chi connectivity index (χ0n) is 16.0. The van der Waals surface area contributed by atoms with Crippen LogP contribution in [0.1, 0.15) is 26.3 Å². The van der Waals surface area contributed by atoms with Crippen LogP contribution in [0.25, 0.3) is 0 Å². The Kier molecular flexibility index (Phi) is 9.80. The van der Waals surface area contributed by atoms with Crippen molar-refractivity contribution < 1.29 is 14.4 Å². The molecular weight excluding hydrogens is 350 g/mol. The molecule has 0 aliphatic carbocycles. The molecule has 0 saturated carbocycles. The number of thioether (sulfide) groups is 1. The predicted molar refractivity (Wildman–Crippen MR) is 106 cm³/mol. The third-order valence-corrected chi connectivity index (χ3v) is 4.48. The molecule has 1 aromatic carbocycles. The van der Waals surface area contributed by atoms with Crippen molar-refractivity contribution in [3.05, 3.63) is 35.9 Å². The highest BCUT2D eigenvalue weighted by atomic mass is 32.2. The lowest BCUT2D eigenvalue weighted by atomic mass is 10.1.